The van der Waals surface area contributed by atoms with Crippen molar-refractivity contribution in [3.63, 3.8) is 0 Å². The second-order valence-corrected chi connectivity index (χ2v) is 8.70. The van der Waals surface area contributed by atoms with Crippen LogP contribution in [-0.2, 0) is 16.0 Å². The largest absolute Gasteiger partial charge is 0.486 e. The van der Waals surface area contributed by atoms with Crippen molar-refractivity contribution in [1.29, 1.82) is 0 Å². The highest BCUT2D eigenvalue weighted by atomic mass is 16.5. The predicted octanol–water partition coefficient (Wildman–Crippen LogP) is 3.83. The first-order chi connectivity index (χ1) is 14.8. The number of Topliss-reactive ketones (excluding diaryl/α,β-unsaturated/α-hetero) is 1. The molecule has 4 rings (SSSR count). The van der Waals surface area contributed by atoms with Gasteiger partial charge in [-0.05, 0) is 48.7 Å². The molecular weight excluding hydrogens is 392 g/mol. The molecule has 6 nitrogen and oxygen atoms in total. The van der Waals surface area contributed by atoms with Crippen molar-refractivity contribution in [2.75, 3.05) is 18.4 Å². The summed E-state index contributed by atoms with van der Waals surface area (Å²) in [5.74, 6) is 0.790. The van der Waals surface area contributed by atoms with Crippen LogP contribution in [0.4, 0.5) is 5.69 Å². The Morgan fingerprint density at radius 1 is 1.06 bits per heavy atom. The molecule has 0 bridgehead atoms. The lowest BCUT2D eigenvalue weighted by molar-refractivity contribution is -0.134. The van der Waals surface area contributed by atoms with E-state index in [1.165, 1.54) is 6.92 Å². The first-order valence-corrected chi connectivity index (χ1v) is 10.7. The number of piperidine rings is 1. The van der Waals surface area contributed by atoms with E-state index in [1.807, 2.05) is 43.0 Å². The number of benzene rings is 2. The number of ether oxygens (including phenoxy) is 1. The van der Waals surface area contributed by atoms with Crippen LogP contribution in [0.15, 0.2) is 36.4 Å². The standard InChI is InChI=1S/C25H28N2O4/c1-16-4-9-21-22(29)15-25(31-24(21)17(16)2)10-12-27(13-11-25)23(30)14-19-5-7-20(8-6-19)26-18(3)28/h4-9H,10-15H2,1-3H3,(H,26,28). The summed E-state index contributed by atoms with van der Waals surface area (Å²) in [6.45, 7) is 6.64. The van der Waals surface area contributed by atoms with Crippen LogP contribution in [0.2, 0.25) is 0 Å². The number of nitrogens with zero attached hydrogens (tertiary/aromatic N) is 1. The normalized spacial score (nSPS) is 17.1. The second-order valence-electron chi connectivity index (χ2n) is 8.70. The van der Waals surface area contributed by atoms with E-state index in [2.05, 4.69) is 5.32 Å². The lowest BCUT2D eigenvalue weighted by Crippen LogP contribution is -2.52. The zero-order chi connectivity index (χ0) is 22.2. The molecule has 2 amide bonds. The molecule has 0 unspecified atom stereocenters. The average Bonchev–Trinajstić information content (AvgIpc) is 2.72. The van der Waals surface area contributed by atoms with Gasteiger partial charge in [0.1, 0.15) is 11.4 Å². The molecule has 2 aliphatic heterocycles. The number of likely N-dealkylation sites (tertiary alicyclic amines) is 1. The third kappa shape index (κ3) is 4.33. The van der Waals surface area contributed by atoms with Crippen LogP contribution in [0.25, 0.3) is 0 Å². The summed E-state index contributed by atoms with van der Waals surface area (Å²) in [4.78, 5) is 38.6. The van der Waals surface area contributed by atoms with E-state index in [1.54, 1.807) is 12.1 Å². The smallest absolute Gasteiger partial charge is 0.226 e. The summed E-state index contributed by atoms with van der Waals surface area (Å²) in [6, 6.07) is 11.2. The van der Waals surface area contributed by atoms with Crippen molar-refractivity contribution in [2.45, 2.75) is 52.1 Å². The van der Waals surface area contributed by atoms with Crippen LogP contribution >= 0.6 is 0 Å². The molecule has 0 radical (unpaired) electrons. The fourth-order valence-corrected chi connectivity index (χ4v) is 4.42. The number of amides is 2. The van der Waals surface area contributed by atoms with Gasteiger partial charge in [0, 0.05) is 38.5 Å². The minimum atomic E-state index is -0.514. The number of hydrogen-bond donors (Lipinski definition) is 1. The number of anilines is 1. The number of aryl methyl sites for hydroxylation is 1. The van der Waals surface area contributed by atoms with E-state index in [4.69, 9.17) is 4.74 Å². The van der Waals surface area contributed by atoms with Crippen LogP contribution in [0, 0.1) is 13.8 Å². The van der Waals surface area contributed by atoms with Crippen LogP contribution < -0.4 is 10.1 Å². The zero-order valence-corrected chi connectivity index (χ0v) is 18.3. The van der Waals surface area contributed by atoms with E-state index in [0.717, 1.165) is 22.4 Å². The predicted molar refractivity (Wildman–Crippen MR) is 118 cm³/mol. The molecule has 1 saturated heterocycles. The summed E-state index contributed by atoms with van der Waals surface area (Å²) >= 11 is 0. The minimum Gasteiger partial charge on any atom is -0.486 e. The summed E-state index contributed by atoms with van der Waals surface area (Å²) < 4.78 is 6.44. The van der Waals surface area contributed by atoms with Crippen LogP contribution in [-0.4, -0.2) is 41.2 Å². The van der Waals surface area contributed by atoms with Gasteiger partial charge in [0.2, 0.25) is 11.8 Å². The zero-order valence-electron chi connectivity index (χ0n) is 18.3. The second kappa shape index (κ2) is 8.17. The molecule has 2 aliphatic rings. The van der Waals surface area contributed by atoms with Gasteiger partial charge in [0.15, 0.2) is 5.78 Å². The average molecular weight is 421 g/mol. The number of nitrogens with one attached hydrogen (secondary N) is 1. The molecule has 6 heteroatoms. The number of carbonyl (C=O) groups is 3. The Balaban J connectivity index is 1.39. The summed E-state index contributed by atoms with van der Waals surface area (Å²) in [7, 11) is 0. The molecule has 1 N–H and O–H groups in total. The first-order valence-electron chi connectivity index (χ1n) is 10.7. The highest BCUT2D eigenvalue weighted by Crippen LogP contribution is 2.41. The summed E-state index contributed by atoms with van der Waals surface area (Å²) in [5.41, 5.74) is 3.92. The Labute approximate surface area is 182 Å². The molecule has 1 spiro atoms. The van der Waals surface area contributed by atoms with E-state index >= 15 is 0 Å². The molecule has 2 aromatic rings. The number of carbonyl (C=O) groups excluding carboxylic acids is 3. The van der Waals surface area contributed by atoms with Gasteiger partial charge in [0.25, 0.3) is 0 Å². The van der Waals surface area contributed by atoms with E-state index in [0.29, 0.717) is 50.0 Å². The van der Waals surface area contributed by atoms with Crippen molar-refractivity contribution in [2.24, 2.45) is 0 Å². The Morgan fingerprint density at radius 2 is 1.74 bits per heavy atom. The third-order valence-electron chi connectivity index (χ3n) is 6.44. The summed E-state index contributed by atoms with van der Waals surface area (Å²) in [5, 5.41) is 2.72. The molecule has 0 atom stereocenters. The van der Waals surface area contributed by atoms with Gasteiger partial charge in [-0.15, -0.1) is 0 Å². The van der Waals surface area contributed by atoms with Gasteiger partial charge in [-0.1, -0.05) is 18.2 Å². The molecule has 1 fully saturated rings. The number of ketones is 1. The quantitative estimate of drug-likeness (QED) is 0.819. The molecular formula is C25H28N2O4. The molecule has 2 heterocycles. The summed E-state index contributed by atoms with van der Waals surface area (Å²) in [6.07, 6.45) is 1.99. The lowest BCUT2D eigenvalue weighted by Gasteiger charge is -2.44. The van der Waals surface area contributed by atoms with Gasteiger partial charge >= 0.3 is 0 Å². The Hall–Kier alpha value is -3.15. The molecule has 2 aromatic carbocycles. The first kappa shape index (κ1) is 21.1. The van der Waals surface area contributed by atoms with E-state index < -0.39 is 5.60 Å². The van der Waals surface area contributed by atoms with Crippen LogP contribution in [0.5, 0.6) is 5.75 Å². The SMILES string of the molecule is CC(=O)Nc1ccc(CC(=O)N2CCC3(CC2)CC(=O)c2ccc(C)c(C)c2O3)cc1. The van der Waals surface area contributed by atoms with Crippen LogP contribution in [0.3, 0.4) is 0 Å². The van der Waals surface area contributed by atoms with Gasteiger partial charge in [-0.3, -0.25) is 14.4 Å². The molecule has 162 valence electrons. The number of fused-ring (bicyclic) bond motifs is 1. The number of rotatable bonds is 3. The van der Waals surface area contributed by atoms with Gasteiger partial charge in [0.05, 0.1) is 18.4 Å². The molecule has 0 saturated carbocycles. The van der Waals surface area contributed by atoms with E-state index in [-0.39, 0.29) is 17.6 Å². The monoisotopic (exact) mass is 420 g/mol. The highest BCUT2D eigenvalue weighted by Gasteiger charge is 2.44. The molecule has 31 heavy (non-hydrogen) atoms. The van der Waals surface area contributed by atoms with Crippen molar-refractivity contribution in [3.8, 4) is 5.75 Å². The van der Waals surface area contributed by atoms with Crippen molar-refractivity contribution in [3.05, 3.63) is 58.7 Å². The molecule has 0 aromatic heterocycles. The Kier molecular flexibility index (Phi) is 5.56. The maximum Gasteiger partial charge on any atom is 0.226 e. The van der Waals surface area contributed by atoms with E-state index in [9.17, 15) is 14.4 Å². The van der Waals surface area contributed by atoms with Crippen LogP contribution in [0.1, 0.15) is 53.2 Å². The van der Waals surface area contributed by atoms with Gasteiger partial charge in [-0.25, -0.2) is 0 Å². The van der Waals surface area contributed by atoms with Crippen molar-refractivity contribution in [1.82, 2.24) is 4.90 Å². The fourth-order valence-electron chi connectivity index (χ4n) is 4.42. The van der Waals surface area contributed by atoms with Gasteiger partial charge in [-0.2, -0.15) is 0 Å². The lowest BCUT2D eigenvalue weighted by atomic mass is 9.81. The van der Waals surface area contributed by atoms with Crippen molar-refractivity contribution >= 4 is 23.3 Å². The third-order valence-corrected chi connectivity index (χ3v) is 6.44. The molecule has 0 aliphatic carbocycles. The van der Waals surface area contributed by atoms with Crippen molar-refractivity contribution < 1.29 is 19.1 Å². The fraction of sp³-hybridized carbons (Fsp3) is 0.400. The highest BCUT2D eigenvalue weighted by molar-refractivity contribution is 6.01. The Bertz CT molecular complexity index is 1030. The number of hydrogen-bond acceptors (Lipinski definition) is 4. The Morgan fingerprint density at radius 3 is 2.39 bits per heavy atom. The minimum absolute atomic E-state index is 0.0664. The maximum absolute atomic E-state index is 12.8. The van der Waals surface area contributed by atoms with Gasteiger partial charge < -0.3 is 15.0 Å². The topological polar surface area (TPSA) is 75.7 Å². The maximum atomic E-state index is 12.8.